The van der Waals surface area contributed by atoms with Crippen molar-refractivity contribution in [2.24, 2.45) is 0 Å². The van der Waals surface area contributed by atoms with Gasteiger partial charge in [0.25, 0.3) is 0 Å². The summed E-state index contributed by atoms with van der Waals surface area (Å²) in [5.41, 5.74) is -3.30. The Balaban J connectivity index is 1.60. The number of benzene rings is 1. The molecule has 39 heavy (non-hydrogen) atoms. The largest absolute Gasteiger partial charge is 0.495 e. The van der Waals surface area contributed by atoms with Crippen molar-refractivity contribution < 1.29 is 26.9 Å². The molecule has 0 radical (unpaired) electrons. The number of methoxy groups -OCH3 is 1. The summed E-state index contributed by atoms with van der Waals surface area (Å²) in [4.78, 5) is 6.31. The molecule has 0 unspecified atom stereocenters. The van der Waals surface area contributed by atoms with Crippen LogP contribution >= 0.6 is 18.9 Å². The molecular weight excluding hydrogens is 553 g/mol. The minimum Gasteiger partial charge on any atom is -0.495 e. The predicted octanol–water partition coefficient (Wildman–Crippen LogP) is 5.12. The molecule has 1 aromatic carbocycles. The van der Waals surface area contributed by atoms with Crippen LogP contribution in [0.3, 0.4) is 0 Å². The fraction of sp³-hybridized carbons (Fsp3) is 0.423. The van der Waals surface area contributed by atoms with E-state index in [-0.39, 0.29) is 41.2 Å². The topological polar surface area (TPSA) is 70.9 Å². The van der Waals surface area contributed by atoms with E-state index in [1.54, 1.807) is 43.7 Å². The van der Waals surface area contributed by atoms with Crippen molar-refractivity contribution in [1.82, 2.24) is 14.3 Å². The third kappa shape index (κ3) is 7.21. The minimum absolute atomic E-state index is 0.0335. The van der Waals surface area contributed by atoms with Crippen molar-refractivity contribution in [3.8, 4) is 17.6 Å². The molecule has 0 saturated carbocycles. The number of halogens is 4. The van der Waals surface area contributed by atoms with E-state index in [1.165, 1.54) is 17.7 Å². The smallest absolute Gasteiger partial charge is 0.447 e. The van der Waals surface area contributed by atoms with E-state index < -0.39 is 24.9 Å². The lowest BCUT2D eigenvalue weighted by atomic mass is 10.0. The quantitative estimate of drug-likeness (QED) is 0.173. The molecule has 3 heterocycles. The van der Waals surface area contributed by atoms with E-state index in [4.69, 9.17) is 4.74 Å². The third-order valence-electron chi connectivity index (χ3n) is 6.28. The molecule has 1 fully saturated rings. The number of ether oxygens (including phenoxy) is 1. The van der Waals surface area contributed by atoms with Crippen LogP contribution in [0.1, 0.15) is 12.1 Å². The first-order chi connectivity index (χ1) is 18.4. The van der Waals surface area contributed by atoms with Gasteiger partial charge in [-0.1, -0.05) is 5.92 Å². The van der Waals surface area contributed by atoms with Gasteiger partial charge in [-0.3, -0.25) is 4.40 Å². The first-order valence-electron chi connectivity index (χ1n) is 12.2. The summed E-state index contributed by atoms with van der Waals surface area (Å²) in [7, 11) is 0.859. The van der Waals surface area contributed by atoms with Crippen molar-refractivity contribution in [2.75, 3.05) is 57.8 Å². The van der Waals surface area contributed by atoms with Gasteiger partial charge in [-0.05, 0) is 63.1 Å². The zero-order valence-corrected chi connectivity index (χ0v) is 23.7. The van der Waals surface area contributed by atoms with E-state index in [0.29, 0.717) is 35.4 Å². The molecule has 7 nitrogen and oxygen atoms in total. The fourth-order valence-corrected chi connectivity index (χ4v) is 5.81. The number of piperidine rings is 1. The van der Waals surface area contributed by atoms with Crippen molar-refractivity contribution in [1.29, 1.82) is 0 Å². The van der Waals surface area contributed by atoms with Crippen LogP contribution in [0.2, 0.25) is 0 Å². The molecule has 1 aliphatic heterocycles. The molecule has 0 amide bonds. The molecule has 4 rings (SSSR count). The molecule has 0 aliphatic carbocycles. The fourth-order valence-electron chi connectivity index (χ4n) is 4.29. The summed E-state index contributed by atoms with van der Waals surface area (Å²) < 4.78 is 74.1. The molecule has 2 aromatic heterocycles. The number of fused-ring (bicyclic) bond motifs is 1. The lowest BCUT2D eigenvalue weighted by Crippen LogP contribution is -2.46. The highest BCUT2D eigenvalue weighted by molar-refractivity contribution is 8.00. The summed E-state index contributed by atoms with van der Waals surface area (Å²) in [6.45, 7) is 4.41. The van der Waals surface area contributed by atoms with E-state index >= 15 is 0 Å². The molecule has 1 aliphatic rings. The maximum Gasteiger partial charge on any atom is 0.447 e. The van der Waals surface area contributed by atoms with Crippen LogP contribution in [0.5, 0.6) is 5.75 Å². The Morgan fingerprint density at radius 3 is 2.69 bits per heavy atom. The molecule has 0 spiro atoms. The van der Waals surface area contributed by atoms with Crippen LogP contribution in [0.4, 0.5) is 28.9 Å². The number of imidazole rings is 1. The van der Waals surface area contributed by atoms with Crippen LogP contribution in [0.25, 0.3) is 5.65 Å². The highest BCUT2D eigenvalue weighted by Crippen LogP contribution is 2.40. The van der Waals surface area contributed by atoms with E-state index in [2.05, 4.69) is 27.5 Å². The Morgan fingerprint density at radius 1 is 1.26 bits per heavy atom. The number of alkyl halides is 4. The molecule has 3 aromatic rings. The molecule has 2 N–H and O–H groups in total. The Kier molecular flexibility index (Phi) is 8.74. The van der Waals surface area contributed by atoms with Crippen molar-refractivity contribution in [3.63, 3.8) is 0 Å². The zero-order chi connectivity index (χ0) is 28.4. The maximum atomic E-state index is 14.6. The van der Waals surface area contributed by atoms with Crippen molar-refractivity contribution >= 4 is 41.2 Å². The number of anilines is 2. The van der Waals surface area contributed by atoms with Crippen LogP contribution in [-0.4, -0.2) is 79.1 Å². The number of hydrogen-bond donors (Lipinski definition) is 2. The zero-order valence-electron chi connectivity index (χ0n) is 22.0. The van der Waals surface area contributed by atoms with Gasteiger partial charge in [-0.25, -0.2) is 9.37 Å². The number of nitrogens with zero attached hydrogens (tertiary/aromatic N) is 3. The van der Waals surface area contributed by atoms with Gasteiger partial charge in [0.15, 0.2) is 5.65 Å². The molecular formula is C26H30F4N5O2PS. The van der Waals surface area contributed by atoms with E-state index in [9.17, 15) is 22.1 Å². The van der Waals surface area contributed by atoms with Crippen molar-refractivity contribution in [2.45, 2.75) is 29.2 Å². The second kappa shape index (κ2) is 11.7. The Bertz CT molecular complexity index is 1450. The third-order valence-corrected chi connectivity index (χ3v) is 8.62. The average molecular weight is 584 g/mol. The highest BCUT2D eigenvalue weighted by atomic mass is 32.2. The first-order valence-corrected chi connectivity index (χ1v) is 15.6. The summed E-state index contributed by atoms with van der Waals surface area (Å²) in [5.74, 6) is 6.07. The Labute approximate surface area is 229 Å². The molecule has 2 atom stereocenters. The number of rotatable bonds is 7. The molecule has 0 bridgehead atoms. The van der Waals surface area contributed by atoms with Gasteiger partial charge in [-0.2, -0.15) is 13.2 Å². The summed E-state index contributed by atoms with van der Waals surface area (Å²) in [5, 5.41) is 6.72. The minimum atomic E-state index is -4.56. The van der Waals surface area contributed by atoms with Crippen LogP contribution in [0.15, 0.2) is 41.6 Å². The van der Waals surface area contributed by atoms with Gasteiger partial charge >= 0.3 is 5.51 Å². The second-order valence-corrected chi connectivity index (χ2v) is 13.9. The molecule has 13 heteroatoms. The lowest BCUT2D eigenvalue weighted by Gasteiger charge is -2.33. The maximum absolute atomic E-state index is 14.6. The number of aromatic nitrogens is 2. The number of nitrogens with one attached hydrogen (secondary N) is 2. The number of pyridine rings is 1. The number of thioether (sulfide) groups is 1. The van der Waals surface area contributed by atoms with E-state index in [0.717, 1.165) is 0 Å². The van der Waals surface area contributed by atoms with Gasteiger partial charge in [0.2, 0.25) is 0 Å². The SMILES string of the molecule is COc1cc(P(C)(C)=O)ccc1NCC#Cc1nc2c(N[C@@H]3CCN(C)C[C@@H]3F)cccn2c1SC(F)(F)F. The summed E-state index contributed by atoms with van der Waals surface area (Å²) >= 11 is -0.294. The van der Waals surface area contributed by atoms with Gasteiger partial charge in [0.05, 0.1) is 31.1 Å². The van der Waals surface area contributed by atoms with Crippen LogP contribution in [0, 0.1) is 11.8 Å². The highest BCUT2D eigenvalue weighted by Gasteiger charge is 2.33. The standard InChI is InChI=1S/C26H30F4N5O2PS/c1-34-14-11-19(18(27)16-34)32-21-8-6-13-35-24(21)33-22(25(35)39-26(28,29)30)7-5-12-31-20-10-9-17(38(3,4)36)15-23(20)37-2/h6,8-10,13,15,18-19,31-32H,11-12,14,16H2,1-4H3/t18-,19+/m0/s1. The van der Waals surface area contributed by atoms with Crippen LogP contribution in [-0.2, 0) is 4.57 Å². The normalized spacial score (nSPS) is 18.5. The molecule has 1 saturated heterocycles. The van der Waals surface area contributed by atoms with Gasteiger partial charge < -0.3 is 24.8 Å². The van der Waals surface area contributed by atoms with Crippen LogP contribution < -0.4 is 20.7 Å². The average Bonchev–Trinajstić information content (AvgIpc) is 3.19. The Morgan fingerprint density at radius 2 is 2.03 bits per heavy atom. The number of hydrogen-bond acceptors (Lipinski definition) is 7. The second-order valence-electron chi connectivity index (χ2n) is 9.64. The summed E-state index contributed by atoms with van der Waals surface area (Å²) in [6.07, 6.45) is 0.917. The molecule has 210 valence electrons. The first kappa shape index (κ1) is 29.1. The van der Waals surface area contributed by atoms with Crippen molar-refractivity contribution in [3.05, 3.63) is 42.2 Å². The predicted molar refractivity (Wildman–Crippen MR) is 149 cm³/mol. The monoisotopic (exact) mass is 583 g/mol. The Hall–Kier alpha value is -2.87. The van der Waals surface area contributed by atoms with Gasteiger partial charge in [-0.15, -0.1) is 0 Å². The lowest BCUT2D eigenvalue weighted by molar-refractivity contribution is -0.0329. The van der Waals surface area contributed by atoms with E-state index in [1.807, 2.05) is 11.9 Å². The van der Waals surface area contributed by atoms with Gasteiger partial charge in [0, 0.05) is 36.4 Å². The van der Waals surface area contributed by atoms with Gasteiger partial charge in [0.1, 0.15) is 29.8 Å². The summed E-state index contributed by atoms with van der Waals surface area (Å²) in [6, 6.07) is 7.95. The number of likely N-dealkylation sites (tertiary alicyclic amines) is 1.